The quantitative estimate of drug-likeness (QED) is 0.276. The summed E-state index contributed by atoms with van der Waals surface area (Å²) < 4.78 is 0. The van der Waals surface area contributed by atoms with E-state index in [0.717, 1.165) is 38.5 Å². The number of aliphatic hydroxyl groups is 3. The fraction of sp³-hybridized carbons (Fsp3) is 0.800. The van der Waals surface area contributed by atoms with Crippen molar-refractivity contribution in [3.63, 3.8) is 0 Å². The minimum atomic E-state index is -0.779. The predicted octanol–water partition coefficient (Wildman–Crippen LogP) is 2.45. The Morgan fingerprint density at radius 2 is 1.81 bits per heavy atom. The summed E-state index contributed by atoms with van der Waals surface area (Å²) in [4.78, 5) is 22.6. The highest BCUT2D eigenvalue weighted by molar-refractivity contribution is 5.84. The Morgan fingerprint density at radius 3 is 2.50 bits per heavy atom. The van der Waals surface area contributed by atoms with Crippen LogP contribution >= 0.6 is 0 Å². The van der Waals surface area contributed by atoms with Crippen LogP contribution in [0.5, 0.6) is 0 Å². The van der Waals surface area contributed by atoms with E-state index in [1.807, 2.05) is 0 Å². The van der Waals surface area contributed by atoms with Crippen molar-refractivity contribution in [2.24, 2.45) is 11.8 Å². The summed E-state index contributed by atoms with van der Waals surface area (Å²) in [5.74, 6) is -1.15. The monoisotopic (exact) mass is 370 g/mol. The molecule has 26 heavy (non-hydrogen) atoms. The van der Waals surface area contributed by atoms with E-state index in [0.29, 0.717) is 19.3 Å². The number of unbranched alkanes of at least 4 members (excludes halogenated alkanes) is 5. The maximum absolute atomic E-state index is 12.1. The molecule has 0 amide bonds. The van der Waals surface area contributed by atoms with E-state index < -0.39 is 18.2 Å². The topological polar surface area (TPSA) is 115 Å². The third-order valence-corrected chi connectivity index (χ3v) is 5.10. The van der Waals surface area contributed by atoms with Gasteiger partial charge in [-0.1, -0.05) is 44.3 Å². The third-order valence-electron chi connectivity index (χ3n) is 5.10. The van der Waals surface area contributed by atoms with Gasteiger partial charge in [0, 0.05) is 31.3 Å². The molecule has 0 aromatic carbocycles. The van der Waals surface area contributed by atoms with Gasteiger partial charge in [0.25, 0.3) is 0 Å². The second-order valence-corrected chi connectivity index (χ2v) is 7.29. The van der Waals surface area contributed by atoms with Gasteiger partial charge in [0.1, 0.15) is 5.78 Å². The van der Waals surface area contributed by atoms with Gasteiger partial charge in [0.05, 0.1) is 12.2 Å². The summed E-state index contributed by atoms with van der Waals surface area (Å²) in [7, 11) is 0. The van der Waals surface area contributed by atoms with Gasteiger partial charge in [-0.25, -0.2) is 0 Å². The lowest BCUT2D eigenvalue weighted by Crippen LogP contribution is -2.19. The molecule has 0 aliphatic heterocycles. The number of hydrogen-bond donors (Lipinski definition) is 4. The van der Waals surface area contributed by atoms with Crippen LogP contribution in [0.3, 0.4) is 0 Å². The molecule has 0 aromatic rings. The van der Waals surface area contributed by atoms with Crippen LogP contribution in [0.1, 0.15) is 70.6 Å². The van der Waals surface area contributed by atoms with Crippen LogP contribution in [-0.4, -0.2) is 51.0 Å². The maximum atomic E-state index is 12.1. The van der Waals surface area contributed by atoms with E-state index >= 15 is 0 Å². The molecule has 1 rings (SSSR count). The van der Waals surface area contributed by atoms with Crippen molar-refractivity contribution >= 4 is 11.8 Å². The molecule has 1 aliphatic rings. The fourth-order valence-corrected chi connectivity index (χ4v) is 3.58. The zero-order valence-electron chi connectivity index (χ0n) is 15.6. The maximum Gasteiger partial charge on any atom is 0.303 e. The van der Waals surface area contributed by atoms with Gasteiger partial charge in [-0.2, -0.15) is 0 Å². The number of ketones is 1. The minimum Gasteiger partial charge on any atom is -0.481 e. The molecule has 4 N–H and O–H groups in total. The van der Waals surface area contributed by atoms with E-state index in [1.54, 1.807) is 12.2 Å². The van der Waals surface area contributed by atoms with Gasteiger partial charge in [0.15, 0.2) is 0 Å². The number of hydrogen-bond acceptors (Lipinski definition) is 5. The first-order valence-corrected chi connectivity index (χ1v) is 9.85. The van der Waals surface area contributed by atoms with Crippen LogP contribution in [0, 0.1) is 11.8 Å². The Morgan fingerprint density at radius 1 is 1.12 bits per heavy atom. The summed E-state index contributed by atoms with van der Waals surface area (Å²) in [5.41, 5.74) is 0. The highest BCUT2D eigenvalue weighted by Crippen LogP contribution is 2.34. The van der Waals surface area contributed by atoms with Crippen molar-refractivity contribution in [1.29, 1.82) is 0 Å². The number of carboxylic acid groups (broad SMARTS) is 1. The molecular weight excluding hydrogens is 336 g/mol. The largest absolute Gasteiger partial charge is 0.481 e. The summed E-state index contributed by atoms with van der Waals surface area (Å²) >= 11 is 0. The molecule has 1 fully saturated rings. The van der Waals surface area contributed by atoms with Crippen molar-refractivity contribution in [2.75, 3.05) is 6.61 Å². The van der Waals surface area contributed by atoms with Gasteiger partial charge in [-0.05, 0) is 25.7 Å². The highest BCUT2D eigenvalue weighted by Gasteiger charge is 2.39. The second-order valence-electron chi connectivity index (χ2n) is 7.29. The Labute approximate surface area is 155 Å². The highest BCUT2D eigenvalue weighted by atomic mass is 16.4. The van der Waals surface area contributed by atoms with E-state index in [4.69, 9.17) is 10.2 Å². The minimum absolute atomic E-state index is 0.0788. The van der Waals surface area contributed by atoms with Crippen LogP contribution in [0.25, 0.3) is 0 Å². The molecule has 0 saturated heterocycles. The number of carboxylic acids is 1. The van der Waals surface area contributed by atoms with Crippen molar-refractivity contribution < 1.29 is 30.0 Å². The van der Waals surface area contributed by atoms with Crippen LogP contribution < -0.4 is 0 Å². The van der Waals surface area contributed by atoms with Gasteiger partial charge in [0.2, 0.25) is 0 Å². The number of carbonyl (C=O) groups is 2. The molecular formula is C20H34O6. The van der Waals surface area contributed by atoms with Crippen LogP contribution in [0.15, 0.2) is 12.2 Å². The van der Waals surface area contributed by atoms with Gasteiger partial charge >= 0.3 is 5.97 Å². The van der Waals surface area contributed by atoms with Crippen LogP contribution in [0.4, 0.5) is 0 Å². The molecule has 1 aliphatic carbocycles. The number of rotatable bonds is 14. The molecule has 4 atom stereocenters. The van der Waals surface area contributed by atoms with E-state index in [-0.39, 0.29) is 37.1 Å². The zero-order chi connectivity index (χ0) is 19.4. The van der Waals surface area contributed by atoms with Gasteiger partial charge in [-0.3, -0.25) is 9.59 Å². The Balaban J connectivity index is 2.37. The predicted molar refractivity (Wildman–Crippen MR) is 98.6 cm³/mol. The van der Waals surface area contributed by atoms with Crippen LogP contribution in [-0.2, 0) is 9.59 Å². The molecule has 150 valence electrons. The molecule has 0 heterocycles. The second kappa shape index (κ2) is 13.0. The van der Waals surface area contributed by atoms with Crippen molar-refractivity contribution in [3.8, 4) is 0 Å². The first-order chi connectivity index (χ1) is 12.5. The van der Waals surface area contributed by atoms with Crippen molar-refractivity contribution in [2.45, 2.75) is 82.8 Å². The molecule has 1 saturated carbocycles. The summed E-state index contributed by atoms with van der Waals surface area (Å²) in [5, 5.41) is 37.5. The molecule has 0 aromatic heterocycles. The number of Topliss-reactive ketones (excluding diaryl/α,β-unsaturated/α-hetero) is 1. The smallest absolute Gasteiger partial charge is 0.303 e. The SMILES string of the molecule is O=C(O)CCCCCC[C@H]1C(=O)C[C@@H](O)[C@@H]1/C=C/[C@@H](O)CCCCCO. The van der Waals surface area contributed by atoms with Gasteiger partial charge < -0.3 is 20.4 Å². The molecule has 0 radical (unpaired) electrons. The Hall–Kier alpha value is -1.24. The Bertz CT molecular complexity index is 448. The Kier molecular flexibility index (Phi) is 11.4. The average molecular weight is 370 g/mol. The van der Waals surface area contributed by atoms with E-state index in [1.165, 1.54) is 0 Å². The summed E-state index contributed by atoms with van der Waals surface area (Å²) in [6.07, 6.45) is 9.53. The third kappa shape index (κ3) is 8.92. The molecule has 0 unspecified atom stereocenters. The molecule has 6 heteroatoms. The lowest BCUT2D eigenvalue weighted by Gasteiger charge is -2.18. The van der Waals surface area contributed by atoms with Crippen LogP contribution in [0.2, 0.25) is 0 Å². The number of carbonyl (C=O) groups excluding carboxylic acids is 1. The number of aliphatic hydroxyl groups excluding tert-OH is 3. The van der Waals surface area contributed by atoms with Crippen molar-refractivity contribution in [3.05, 3.63) is 12.2 Å². The van der Waals surface area contributed by atoms with E-state index in [9.17, 15) is 19.8 Å². The molecule has 0 bridgehead atoms. The standard InChI is InChI=1S/C20H34O6/c21-13-7-3-4-8-15(22)11-12-17-16(18(23)14-19(17)24)9-5-1-2-6-10-20(25)26/h11-12,15-17,19,21-22,24H,1-10,13-14H2,(H,25,26)/b12-11+/t15-,16+,17+,19+/m0/s1. The summed E-state index contributed by atoms with van der Waals surface area (Å²) in [6, 6.07) is 0. The van der Waals surface area contributed by atoms with Gasteiger partial charge in [-0.15, -0.1) is 0 Å². The van der Waals surface area contributed by atoms with Crippen molar-refractivity contribution in [1.82, 2.24) is 0 Å². The normalized spacial score (nSPS) is 24.4. The van der Waals surface area contributed by atoms with E-state index in [2.05, 4.69) is 0 Å². The molecule has 0 spiro atoms. The first-order valence-electron chi connectivity index (χ1n) is 9.85. The lowest BCUT2D eigenvalue weighted by atomic mass is 9.88. The zero-order valence-corrected chi connectivity index (χ0v) is 15.6. The molecule has 6 nitrogen and oxygen atoms in total. The lowest BCUT2D eigenvalue weighted by molar-refractivity contribution is -0.137. The average Bonchev–Trinajstić information content (AvgIpc) is 2.85. The summed E-state index contributed by atoms with van der Waals surface area (Å²) in [6.45, 7) is 0.167. The fourth-order valence-electron chi connectivity index (χ4n) is 3.58. The number of aliphatic carboxylic acids is 1. The first kappa shape index (κ1) is 22.8.